The standard InChI is InChI=1S/C16H22N6O3/c23-13(11-20-8-9-21-7-6-17-12(21)10-20)19-22-14(24)16(18-15(22)25)4-2-1-3-5-16/h6-7H,1-5,8-11H2,(H,18,25)(H,19,23). The SMILES string of the molecule is O=C(CN1CCn2ccnc2C1)NN1C(=O)NC2(CCCCC2)C1=O. The Hall–Kier alpha value is -2.42. The Morgan fingerprint density at radius 2 is 2.04 bits per heavy atom. The highest BCUT2D eigenvalue weighted by molar-refractivity contribution is 6.08. The smallest absolute Gasteiger partial charge is 0.333 e. The summed E-state index contributed by atoms with van der Waals surface area (Å²) in [5.74, 6) is 0.214. The summed E-state index contributed by atoms with van der Waals surface area (Å²) in [5, 5.41) is 3.64. The van der Waals surface area contributed by atoms with Crippen LogP contribution in [-0.4, -0.2) is 55.9 Å². The van der Waals surface area contributed by atoms with Crippen molar-refractivity contribution in [1.82, 2.24) is 30.2 Å². The second kappa shape index (κ2) is 6.14. The molecule has 9 heteroatoms. The molecule has 1 saturated heterocycles. The molecule has 1 saturated carbocycles. The average molecular weight is 346 g/mol. The zero-order valence-corrected chi connectivity index (χ0v) is 14.0. The van der Waals surface area contributed by atoms with Crippen LogP contribution in [0.4, 0.5) is 4.79 Å². The molecule has 0 radical (unpaired) electrons. The first-order valence-electron chi connectivity index (χ1n) is 8.76. The third-order valence-corrected chi connectivity index (χ3v) is 5.30. The Balaban J connectivity index is 1.36. The van der Waals surface area contributed by atoms with Crippen LogP contribution in [-0.2, 0) is 22.7 Å². The zero-order valence-electron chi connectivity index (χ0n) is 14.0. The van der Waals surface area contributed by atoms with E-state index in [4.69, 9.17) is 0 Å². The highest BCUT2D eigenvalue weighted by atomic mass is 16.2. The predicted octanol–water partition coefficient (Wildman–Crippen LogP) is -0.0154. The van der Waals surface area contributed by atoms with E-state index < -0.39 is 11.6 Å². The van der Waals surface area contributed by atoms with Gasteiger partial charge in [0.05, 0.1) is 13.1 Å². The van der Waals surface area contributed by atoms with Crippen molar-refractivity contribution in [3.63, 3.8) is 0 Å². The third-order valence-electron chi connectivity index (χ3n) is 5.30. The highest BCUT2D eigenvalue weighted by Gasteiger charge is 2.52. The molecule has 4 amide bonds. The van der Waals surface area contributed by atoms with Crippen molar-refractivity contribution >= 4 is 17.8 Å². The van der Waals surface area contributed by atoms with E-state index in [1.807, 2.05) is 11.1 Å². The monoisotopic (exact) mass is 346 g/mol. The maximum Gasteiger partial charge on any atom is 0.344 e. The molecular weight excluding hydrogens is 324 g/mol. The Kier molecular flexibility index (Phi) is 3.95. The van der Waals surface area contributed by atoms with E-state index in [-0.39, 0.29) is 18.4 Å². The molecule has 3 aliphatic rings. The molecule has 0 unspecified atom stereocenters. The lowest BCUT2D eigenvalue weighted by Gasteiger charge is -2.30. The number of hydrazine groups is 1. The summed E-state index contributed by atoms with van der Waals surface area (Å²) in [6.07, 6.45) is 7.83. The number of urea groups is 1. The molecule has 1 aromatic heterocycles. The summed E-state index contributed by atoms with van der Waals surface area (Å²) in [7, 11) is 0. The van der Waals surface area contributed by atoms with Gasteiger partial charge < -0.3 is 9.88 Å². The minimum atomic E-state index is -0.821. The Bertz CT molecular complexity index is 708. The molecule has 2 fully saturated rings. The fraction of sp³-hybridized carbons (Fsp3) is 0.625. The number of amides is 4. The quantitative estimate of drug-likeness (QED) is 0.750. The van der Waals surface area contributed by atoms with Gasteiger partial charge in [-0.15, -0.1) is 0 Å². The van der Waals surface area contributed by atoms with Crippen LogP contribution in [0.25, 0.3) is 0 Å². The molecule has 1 spiro atoms. The predicted molar refractivity (Wildman–Crippen MR) is 86.8 cm³/mol. The van der Waals surface area contributed by atoms with Crippen LogP contribution >= 0.6 is 0 Å². The number of imide groups is 1. The topological polar surface area (TPSA) is 99.6 Å². The van der Waals surface area contributed by atoms with Crippen molar-refractivity contribution in [2.24, 2.45) is 0 Å². The molecule has 2 aliphatic heterocycles. The van der Waals surface area contributed by atoms with Crippen LogP contribution in [0.2, 0.25) is 0 Å². The van der Waals surface area contributed by atoms with Crippen LogP contribution in [0.3, 0.4) is 0 Å². The maximum atomic E-state index is 12.7. The molecule has 3 heterocycles. The number of hydrogen-bond acceptors (Lipinski definition) is 5. The molecule has 0 atom stereocenters. The fourth-order valence-corrected chi connectivity index (χ4v) is 3.94. The number of nitrogens with one attached hydrogen (secondary N) is 2. The molecule has 4 rings (SSSR count). The molecule has 134 valence electrons. The number of imidazole rings is 1. The van der Waals surface area contributed by atoms with Crippen molar-refractivity contribution in [2.75, 3.05) is 13.1 Å². The second-order valence-electron chi connectivity index (χ2n) is 7.00. The van der Waals surface area contributed by atoms with Crippen LogP contribution in [0.15, 0.2) is 12.4 Å². The maximum absolute atomic E-state index is 12.7. The first kappa shape index (κ1) is 16.1. The number of fused-ring (bicyclic) bond motifs is 1. The summed E-state index contributed by atoms with van der Waals surface area (Å²) in [6.45, 7) is 2.19. The molecule has 0 aromatic carbocycles. The van der Waals surface area contributed by atoms with E-state index in [0.717, 1.165) is 43.2 Å². The summed E-state index contributed by atoms with van der Waals surface area (Å²) < 4.78 is 2.05. The molecule has 1 aromatic rings. The lowest BCUT2D eigenvalue weighted by Crippen LogP contribution is -2.52. The van der Waals surface area contributed by atoms with Gasteiger partial charge in [0.15, 0.2) is 0 Å². The van der Waals surface area contributed by atoms with Gasteiger partial charge >= 0.3 is 6.03 Å². The van der Waals surface area contributed by atoms with E-state index >= 15 is 0 Å². The van der Waals surface area contributed by atoms with Crippen molar-refractivity contribution in [2.45, 2.75) is 50.7 Å². The van der Waals surface area contributed by atoms with Gasteiger partial charge in [-0.1, -0.05) is 19.3 Å². The van der Waals surface area contributed by atoms with Gasteiger partial charge in [-0.2, -0.15) is 5.01 Å². The first-order valence-corrected chi connectivity index (χ1v) is 8.76. The van der Waals surface area contributed by atoms with Gasteiger partial charge in [-0.25, -0.2) is 9.78 Å². The Morgan fingerprint density at radius 3 is 2.84 bits per heavy atom. The number of aromatic nitrogens is 2. The average Bonchev–Trinajstić information content (AvgIpc) is 3.14. The van der Waals surface area contributed by atoms with Gasteiger partial charge in [0.2, 0.25) is 0 Å². The normalized spacial score (nSPS) is 22.8. The van der Waals surface area contributed by atoms with Gasteiger partial charge in [-0.05, 0) is 12.8 Å². The Morgan fingerprint density at radius 1 is 1.24 bits per heavy atom. The van der Waals surface area contributed by atoms with Crippen LogP contribution in [0.5, 0.6) is 0 Å². The second-order valence-corrected chi connectivity index (χ2v) is 7.00. The molecule has 9 nitrogen and oxygen atoms in total. The van der Waals surface area contributed by atoms with Crippen molar-refractivity contribution in [3.8, 4) is 0 Å². The Labute approximate surface area is 145 Å². The van der Waals surface area contributed by atoms with Crippen molar-refractivity contribution in [1.29, 1.82) is 0 Å². The summed E-state index contributed by atoms with van der Waals surface area (Å²) in [4.78, 5) is 43.4. The third kappa shape index (κ3) is 2.88. The van der Waals surface area contributed by atoms with Crippen LogP contribution < -0.4 is 10.7 Å². The van der Waals surface area contributed by atoms with Crippen molar-refractivity contribution in [3.05, 3.63) is 18.2 Å². The molecule has 1 aliphatic carbocycles. The van der Waals surface area contributed by atoms with Crippen molar-refractivity contribution < 1.29 is 14.4 Å². The first-order chi connectivity index (χ1) is 12.1. The van der Waals surface area contributed by atoms with E-state index in [0.29, 0.717) is 19.4 Å². The molecule has 0 bridgehead atoms. The van der Waals surface area contributed by atoms with Crippen LogP contribution in [0.1, 0.15) is 37.9 Å². The van der Waals surface area contributed by atoms with Crippen LogP contribution in [0, 0.1) is 0 Å². The van der Waals surface area contributed by atoms with Gasteiger partial charge in [0.1, 0.15) is 11.4 Å². The molecule has 25 heavy (non-hydrogen) atoms. The van der Waals surface area contributed by atoms with Gasteiger partial charge in [-0.3, -0.25) is 19.9 Å². The number of nitrogens with zero attached hydrogens (tertiary/aromatic N) is 4. The zero-order chi connectivity index (χ0) is 17.4. The van der Waals surface area contributed by atoms with E-state index in [1.54, 1.807) is 6.20 Å². The molecule has 2 N–H and O–H groups in total. The largest absolute Gasteiger partial charge is 0.344 e. The van der Waals surface area contributed by atoms with E-state index in [9.17, 15) is 14.4 Å². The fourth-order valence-electron chi connectivity index (χ4n) is 3.94. The van der Waals surface area contributed by atoms with Gasteiger partial charge in [0, 0.05) is 25.5 Å². The minimum Gasteiger partial charge on any atom is -0.333 e. The summed E-state index contributed by atoms with van der Waals surface area (Å²) in [6, 6.07) is -0.533. The lowest BCUT2D eigenvalue weighted by atomic mass is 9.82. The number of carbonyl (C=O) groups excluding carboxylic acids is 3. The molecular formula is C16H22N6O3. The lowest BCUT2D eigenvalue weighted by molar-refractivity contribution is -0.140. The number of rotatable bonds is 3. The van der Waals surface area contributed by atoms with Gasteiger partial charge in [0.25, 0.3) is 11.8 Å². The summed E-state index contributed by atoms with van der Waals surface area (Å²) in [5.41, 5.74) is 1.66. The van der Waals surface area contributed by atoms with E-state index in [1.165, 1.54) is 0 Å². The highest BCUT2D eigenvalue weighted by Crippen LogP contribution is 2.32. The summed E-state index contributed by atoms with van der Waals surface area (Å²) >= 11 is 0. The number of hydrogen-bond donors (Lipinski definition) is 2. The number of carbonyl (C=O) groups is 3. The van der Waals surface area contributed by atoms with E-state index in [2.05, 4.69) is 20.3 Å². The minimum absolute atomic E-state index is 0.122.